The molecule has 3 saturated carbocycles. The van der Waals surface area contributed by atoms with Gasteiger partial charge in [-0.15, -0.1) is 0 Å². The molecule has 0 nitrogen and oxygen atoms in total. The van der Waals surface area contributed by atoms with Gasteiger partial charge in [-0.2, -0.15) is 0 Å². The van der Waals surface area contributed by atoms with Crippen LogP contribution in [0.25, 0.3) is 0 Å². The molecule has 5 heteroatoms. The Labute approximate surface area is 96.9 Å². The maximum atomic E-state index is 12.7. The van der Waals surface area contributed by atoms with Crippen LogP contribution in [-0.4, -0.2) is 6.98 Å². The lowest BCUT2D eigenvalue weighted by Crippen LogP contribution is -2.67. The summed E-state index contributed by atoms with van der Waals surface area (Å²) in [6.07, 6.45) is 0.803. The van der Waals surface area contributed by atoms with E-state index in [1.807, 2.05) is 12.1 Å². The third-order valence-corrected chi connectivity index (χ3v) is 4.44. The Hall–Kier alpha value is -0.635. The smallest absolute Gasteiger partial charge is 0.449 e. The topological polar surface area (TPSA) is 0 Å². The van der Waals surface area contributed by atoms with Gasteiger partial charge >= 0.3 is 6.98 Å². The van der Waals surface area contributed by atoms with Gasteiger partial charge in [0.05, 0.1) is 0 Å². The highest BCUT2D eigenvalue weighted by molar-refractivity contribution is 6.63. The van der Waals surface area contributed by atoms with E-state index in [0.717, 1.165) is 5.56 Å². The van der Waals surface area contributed by atoms with Crippen molar-refractivity contribution < 1.29 is 12.9 Å². The molecule has 3 fully saturated rings. The Bertz CT molecular complexity index is 435. The summed E-state index contributed by atoms with van der Waals surface area (Å²) >= 11 is 5.86. The van der Waals surface area contributed by atoms with Crippen molar-refractivity contribution in [3.63, 3.8) is 0 Å². The van der Waals surface area contributed by atoms with Crippen molar-refractivity contribution in [3.05, 3.63) is 34.9 Å². The molecule has 4 rings (SSSR count). The molecule has 0 radical (unpaired) electrons. The zero-order valence-electron chi connectivity index (χ0n) is 8.52. The van der Waals surface area contributed by atoms with Gasteiger partial charge in [-0.3, -0.25) is 0 Å². The summed E-state index contributed by atoms with van der Waals surface area (Å²) in [7, 11) is 0. The van der Waals surface area contributed by atoms with Gasteiger partial charge < -0.3 is 12.9 Å². The van der Waals surface area contributed by atoms with Crippen LogP contribution in [0.15, 0.2) is 24.3 Å². The lowest BCUT2D eigenvalue weighted by Gasteiger charge is -2.75. The normalized spacial score (nSPS) is 36.5. The summed E-state index contributed by atoms with van der Waals surface area (Å²) in [5.74, 6) is 0. The number of benzene rings is 1. The molecule has 0 saturated heterocycles. The molecule has 3 aliphatic rings. The van der Waals surface area contributed by atoms with Crippen molar-refractivity contribution >= 4 is 18.6 Å². The molecule has 0 heterocycles. The molecule has 1 aromatic rings. The minimum atomic E-state index is -4.68. The van der Waals surface area contributed by atoms with E-state index >= 15 is 0 Å². The fraction of sp³-hybridized carbons (Fsp3) is 0.455. The predicted octanol–water partition coefficient (Wildman–Crippen LogP) is 4.36. The Morgan fingerprint density at radius 2 is 1.75 bits per heavy atom. The van der Waals surface area contributed by atoms with Gasteiger partial charge in [-0.25, -0.2) is 0 Å². The fourth-order valence-electron chi connectivity index (χ4n) is 3.34. The van der Waals surface area contributed by atoms with Gasteiger partial charge in [0.25, 0.3) is 0 Å². The Morgan fingerprint density at radius 3 is 2.25 bits per heavy atom. The molecule has 0 N–H and O–H groups in total. The first-order valence-electron chi connectivity index (χ1n) is 5.32. The molecule has 3 aliphatic carbocycles. The van der Waals surface area contributed by atoms with Crippen molar-refractivity contribution in [2.24, 2.45) is 0 Å². The second-order valence-electron chi connectivity index (χ2n) is 5.26. The number of hydrogen-bond donors (Lipinski definition) is 0. The first kappa shape index (κ1) is 10.5. The van der Waals surface area contributed by atoms with Crippen LogP contribution in [-0.2, 0) is 5.41 Å². The van der Waals surface area contributed by atoms with E-state index in [-0.39, 0.29) is 24.7 Å². The maximum Gasteiger partial charge on any atom is 0.484 e. The standard InChI is InChI=1S/C11H10BClF3/c13-9-3-1-2-8(4-9)10-5-11(6-10,7-10)12(14,15)16/h1-4H,5-7H2/q-1. The van der Waals surface area contributed by atoms with Crippen LogP contribution in [0.1, 0.15) is 24.8 Å². The summed E-state index contributed by atoms with van der Waals surface area (Å²) < 4.78 is 38.2. The first-order valence-corrected chi connectivity index (χ1v) is 5.70. The lowest BCUT2D eigenvalue weighted by atomic mass is 9.23. The van der Waals surface area contributed by atoms with E-state index in [9.17, 15) is 12.9 Å². The number of halogens is 4. The molecule has 0 aromatic heterocycles. The number of rotatable bonds is 2. The third-order valence-electron chi connectivity index (χ3n) is 4.20. The van der Waals surface area contributed by atoms with Crippen LogP contribution >= 0.6 is 11.6 Å². The summed E-state index contributed by atoms with van der Waals surface area (Å²) in [6, 6.07) is 7.25. The SMILES string of the molecule is F[B-](F)(F)C12CC(c3cccc(Cl)c3)(C1)C2. The van der Waals surface area contributed by atoms with Gasteiger partial charge in [0.1, 0.15) is 0 Å². The second-order valence-corrected chi connectivity index (χ2v) is 5.69. The van der Waals surface area contributed by atoms with E-state index in [1.54, 1.807) is 12.1 Å². The van der Waals surface area contributed by atoms with Gasteiger partial charge in [0, 0.05) is 5.02 Å². The van der Waals surface area contributed by atoms with E-state index < -0.39 is 12.3 Å². The van der Waals surface area contributed by atoms with Gasteiger partial charge in [0.15, 0.2) is 0 Å². The predicted molar refractivity (Wildman–Crippen MR) is 58.8 cm³/mol. The fourth-order valence-corrected chi connectivity index (χ4v) is 3.53. The van der Waals surface area contributed by atoms with Crippen LogP contribution in [0.5, 0.6) is 0 Å². The van der Waals surface area contributed by atoms with E-state index in [0.29, 0.717) is 5.02 Å². The molecule has 0 amide bonds. The van der Waals surface area contributed by atoms with E-state index in [4.69, 9.17) is 11.6 Å². The number of hydrogen-bond acceptors (Lipinski definition) is 0. The van der Waals surface area contributed by atoms with E-state index in [2.05, 4.69) is 0 Å². The van der Waals surface area contributed by atoms with Crippen LogP contribution in [0, 0.1) is 0 Å². The van der Waals surface area contributed by atoms with Crippen LogP contribution in [0.2, 0.25) is 10.3 Å². The molecule has 0 unspecified atom stereocenters. The third kappa shape index (κ3) is 1.14. The molecule has 2 bridgehead atoms. The van der Waals surface area contributed by atoms with Crippen LogP contribution in [0.4, 0.5) is 12.9 Å². The molecule has 86 valence electrons. The zero-order chi connectivity index (χ0) is 11.6. The second kappa shape index (κ2) is 2.78. The molecule has 0 spiro atoms. The monoisotopic (exact) mass is 245 g/mol. The van der Waals surface area contributed by atoms with Crippen molar-refractivity contribution in [3.8, 4) is 0 Å². The highest BCUT2D eigenvalue weighted by atomic mass is 35.5. The molecular formula is C11H10BClF3-. The lowest BCUT2D eigenvalue weighted by molar-refractivity contribution is -0.0400. The average molecular weight is 245 g/mol. The van der Waals surface area contributed by atoms with Crippen molar-refractivity contribution in [1.29, 1.82) is 0 Å². The highest BCUT2D eigenvalue weighted by Crippen LogP contribution is 2.82. The minimum Gasteiger partial charge on any atom is -0.449 e. The Balaban J connectivity index is 1.84. The van der Waals surface area contributed by atoms with Crippen LogP contribution in [0.3, 0.4) is 0 Å². The maximum absolute atomic E-state index is 12.7. The van der Waals surface area contributed by atoms with Gasteiger partial charge in [-0.1, -0.05) is 48.3 Å². The largest absolute Gasteiger partial charge is 0.484 e. The van der Waals surface area contributed by atoms with Crippen LogP contribution < -0.4 is 0 Å². The zero-order valence-corrected chi connectivity index (χ0v) is 9.28. The summed E-state index contributed by atoms with van der Waals surface area (Å²) in [6.45, 7) is -4.68. The van der Waals surface area contributed by atoms with E-state index in [1.165, 1.54) is 0 Å². The summed E-state index contributed by atoms with van der Waals surface area (Å²) in [5.41, 5.74) is 0.754. The molecule has 16 heavy (non-hydrogen) atoms. The van der Waals surface area contributed by atoms with Crippen molar-refractivity contribution in [2.45, 2.75) is 30.0 Å². The van der Waals surface area contributed by atoms with Crippen molar-refractivity contribution in [1.82, 2.24) is 0 Å². The molecule has 0 aliphatic heterocycles. The average Bonchev–Trinajstić information content (AvgIpc) is 1.95. The minimum absolute atomic E-state index is 0.220. The summed E-state index contributed by atoms with van der Waals surface area (Å²) in [5, 5.41) is -0.712. The highest BCUT2D eigenvalue weighted by Gasteiger charge is 2.74. The molecule has 1 aromatic carbocycles. The molecular weight excluding hydrogens is 235 g/mol. The summed E-state index contributed by atoms with van der Waals surface area (Å²) in [4.78, 5) is 0. The Morgan fingerprint density at radius 1 is 1.12 bits per heavy atom. The quantitative estimate of drug-likeness (QED) is 0.679. The first-order chi connectivity index (χ1) is 7.37. The Kier molecular flexibility index (Phi) is 1.83. The van der Waals surface area contributed by atoms with Crippen molar-refractivity contribution in [2.75, 3.05) is 0 Å². The molecule has 0 atom stereocenters. The van der Waals surface area contributed by atoms with Gasteiger partial charge in [-0.05, 0) is 23.1 Å². The van der Waals surface area contributed by atoms with Gasteiger partial charge in [0.2, 0.25) is 0 Å².